The minimum atomic E-state index is -1.54. The molecular weight excluding hydrogens is 731 g/mol. The molecule has 6 atom stereocenters. The third kappa shape index (κ3) is 5.57. The molecule has 0 spiro atoms. The van der Waals surface area contributed by atoms with Gasteiger partial charge in [-0.1, -0.05) is 102 Å². The molecule has 4 amide bonds. The molecule has 5 aromatic carbocycles. The van der Waals surface area contributed by atoms with Crippen molar-refractivity contribution in [3.63, 3.8) is 0 Å². The molecule has 0 aromatic heterocycles. The van der Waals surface area contributed by atoms with Gasteiger partial charge in [-0.3, -0.25) is 34.3 Å². The predicted molar refractivity (Wildman–Crippen MR) is 217 cm³/mol. The highest BCUT2D eigenvalue weighted by atomic mass is 16.5. The second-order valence-electron chi connectivity index (χ2n) is 15.5. The highest BCUT2D eigenvalue weighted by molar-refractivity contribution is 6.23. The van der Waals surface area contributed by atoms with Crippen molar-refractivity contribution in [3.05, 3.63) is 167 Å². The molecule has 1 saturated carbocycles. The molecule has 10 heteroatoms. The van der Waals surface area contributed by atoms with Crippen molar-refractivity contribution in [2.24, 2.45) is 23.7 Å². The molecule has 10 nitrogen and oxygen atoms in total. The van der Waals surface area contributed by atoms with Crippen LogP contribution < -0.4 is 15.1 Å². The van der Waals surface area contributed by atoms with Gasteiger partial charge >= 0.3 is 0 Å². The third-order valence-corrected chi connectivity index (χ3v) is 12.5. The van der Waals surface area contributed by atoms with Gasteiger partial charge in [-0.25, -0.2) is 0 Å². The van der Waals surface area contributed by atoms with Gasteiger partial charge < -0.3 is 9.84 Å². The van der Waals surface area contributed by atoms with Crippen LogP contribution in [0.15, 0.2) is 139 Å². The number of phenols is 1. The lowest BCUT2D eigenvalue weighted by atomic mass is 9.49. The Morgan fingerprint density at radius 2 is 1.45 bits per heavy atom. The molecule has 2 saturated heterocycles. The number of hydrogen-bond acceptors (Lipinski definition) is 8. The van der Waals surface area contributed by atoms with Crippen molar-refractivity contribution in [3.8, 4) is 11.5 Å². The molecule has 2 N–H and O–H groups in total. The van der Waals surface area contributed by atoms with Crippen LogP contribution in [-0.2, 0) is 24.6 Å². The summed E-state index contributed by atoms with van der Waals surface area (Å²) in [6, 6.07) is 37.1. The van der Waals surface area contributed by atoms with E-state index in [4.69, 9.17) is 4.74 Å². The molecule has 3 fully saturated rings. The number of para-hydroxylation sites is 1. The van der Waals surface area contributed by atoms with E-state index in [0.29, 0.717) is 33.6 Å². The highest BCUT2D eigenvalue weighted by Crippen LogP contribution is 2.65. The quantitative estimate of drug-likeness (QED) is 0.0894. The maximum atomic E-state index is 15.4. The number of nitrogens with zero attached hydrogens (tertiary/aromatic N) is 2. The summed E-state index contributed by atoms with van der Waals surface area (Å²) in [5.41, 5.74) is 6.12. The fraction of sp³-hybridized carbons (Fsp3) is 0.229. The van der Waals surface area contributed by atoms with Gasteiger partial charge in [0.05, 0.1) is 41.2 Å². The third-order valence-electron chi connectivity index (χ3n) is 12.5. The predicted octanol–water partition coefficient (Wildman–Crippen LogP) is 7.52. The van der Waals surface area contributed by atoms with Crippen molar-refractivity contribution < 1.29 is 33.8 Å². The van der Waals surface area contributed by atoms with E-state index in [1.165, 1.54) is 4.90 Å². The second-order valence-corrected chi connectivity index (χ2v) is 15.5. The van der Waals surface area contributed by atoms with Crippen LogP contribution in [0.25, 0.3) is 0 Å². The van der Waals surface area contributed by atoms with Gasteiger partial charge in [-0.05, 0) is 80.6 Å². The van der Waals surface area contributed by atoms with E-state index in [0.717, 1.165) is 16.1 Å². The van der Waals surface area contributed by atoms with E-state index >= 15 is 4.79 Å². The van der Waals surface area contributed by atoms with Gasteiger partial charge in [0, 0.05) is 22.6 Å². The summed E-state index contributed by atoms with van der Waals surface area (Å²) in [7, 11) is 0. The van der Waals surface area contributed by atoms with E-state index in [1.807, 2.05) is 68.5 Å². The summed E-state index contributed by atoms with van der Waals surface area (Å²) in [6.07, 6.45) is 2.28. The van der Waals surface area contributed by atoms with Crippen LogP contribution in [0.2, 0.25) is 0 Å². The van der Waals surface area contributed by atoms with Crippen molar-refractivity contribution in [1.82, 2.24) is 5.01 Å². The molecule has 2 heterocycles. The fourth-order valence-electron chi connectivity index (χ4n) is 9.91. The Hall–Kier alpha value is -6.81. The first-order valence-corrected chi connectivity index (χ1v) is 19.6. The number of hydrogen-bond donors (Lipinski definition) is 2. The first-order chi connectivity index (χ1) is 28.1. The number of carbonyl (C=O) groups is 5. The van der Waals surface area contributed by atoms with E-state index in [-0.39, 0.29) is 42.6 Å². The van der Waals surface area contributed by atoms with E-state index in [2.05, 4.69) is 5.43 Å². The Bertz CT molecular complexity index is 2500. The Kier molecular flexibility index (Phi) is 9.07. The number of rotatable bonds is 9. The molecule has 58 heavy (non-hydrogen) atoms. The standard InChI is InChI=1S/C48H41N3O7/c1-3-58-39-16-10-15-36(43(39)53)41-34-25-26-35-40(46(56)50(44(35)54)33-23-19-30(20-24-33)42(52)29-11-6-4-7-12-29)37(34)27-38-45(55)51(49-32-21-17-28(2)18-22-32)47(57)48(38,41)31-13-8-5-9-14-31/h4-25,35,37-38,40-41,49,53H,3,26-27H2,1-2H3. The van der Waals surface area contributed by atoms with Crippen molar-refractivity contribution in [2.45, 2.75) is 38.0 Å². The SMILES string of the molecule is CCOc1cccc(C2C3=CCC4C(=O)N(c5ccc(C(=O)c6ccccc6)cc5)C(=O)C4C3CC3C(=O)N(Nc4ccc(C)cc4)C(=O)C32c2ccccc2)c1O. The number of fused-ring (bicyclic) bond motifs is 4. The Labute approximate surface area is 335 Å². The highest BCUT2D eigenvalue weighted by Gasteiger charge is 2.70. The summed E-state index contributed by atoms with van der Waals surface area (Å²) >= 11 is 0. The number of benzene rings is 5. The number of aryl methyl sites for hydroxylation is 1. The Balaban J connectivity index is 1.16. The summed E-state index contributed by atoms with van der Waals surface area (Å²) in [5, 5.41) is 13.1. The number of amides is 4. The van der Waals surface area contributed by atoms with Crippen LogP contribution >= 0.6 is 0 Å². The largest absolute Gasteiger partial charge is 0.504 e. The van der Waals surface area contributed by atoms with Crippen molar-refractivity contribution >= 4 is 40.8 Å². The zero-order chi connectivity index (χ0) is 40.3. The van der Waals surface area contributed by atoms with Crippen LogP contribution in [0.3, 0.4) is 0 Å². The number of phenolic OH excluding ortho intramolecular Hbond substituents is 1. The second kappa shape index (κ2) is 14.3. The summed E-state index contributed by atoms with van der Waals surface area (Å²) < 4.78 is 5.85. The lowest BCUT2D eigenvalue weighted by Gasteiger charge is -2.50. The average molecular weight is 772 g/mol. The van der Waals surface area contributed by atoms with E-state index in [1.54, 1.807) is 78.9 Å². The number of hydrazine groups is 1. The van der Waals surface area contributed by atoms with Crippen LogP contribution in [0.1, 0.15) is 58.3 Å². The number of aromatic hydroxyl groups is 1. The minimum Gasteiger partial charge on any atom is -0.504 e. The first-order valence-electron chi connectivity index (χ1n) is 19.6. The van der Waals surface area contributed by atoms with Crippen LogP contribution in [0, 0.1) is 30.6 Å². The van der Waals surface area contributed by atoms with E-state index < -0.39 is 52.7 Å². The van der Waals surface area contributed by atoms with Crippen LogP contribution in [0.5, 0.6) is 11.5 Å². The van der Waals surface area contributed by atoms with Gasteiger partial charge in [0.25, 0.3) is 11.8 Å². The number of imide groups is 2. The normalized spacial score (nSPS) is 24.9. The molecule has 290 valence electrons. The van der Waals surface area contributed by atoms with Crippen molar-refractivity contribution in [1.29, 1.82) is 0 Å². The fourth-order valence-corrected chi connectivity index (χ4v) is 9.91. The zero-order valence-electron chi connectivity index (χ0n) is 32.0. The Morgan fingerprint density at radius 1 is 0.776 bits per heavy atom. The minimum absolute atomic E-state index is 0.109. The Morgan fingerprint density at radius 3 is 2.14 bits per heavy atom. The smallest absolute Gasteiger partial charge is 0.260 e. The maximum Gasteiger partial charge on any atom is 0.260 e. The number of anilines is 2. The maximum absolute atomic E-state index is 15.4. The van der Waals surface area contributed by atoms with Gasteiger partial charge in [-0.15, -0.1) is 0 Å². The van der Waals surface area contributed by atoms with Gasteiger partial charge in [0.1, 0.15) is 0 Å². The molecule has 9 rings (SSSR count). The molecule has 2 aliphatic heterocycles. The number of ether oxygens (including phenoxy) is 1. The van der Waals surface area contributed by atoms with Crippen molar-refractivity contribution in [2.75, 3.05) is 16.9 Å². The molecular formula is C48H41N3O7. The van der Waals surface area contributed by atoms with E-state index in [9.17, 15) is 24.3 Å². The number of carbonyl (C=O) groups excluding carboxylic acids is 5. The summed E-state index contributed by atoms with van der Waals surface area (Å²) in [4.78, 5) is 73.8. The lowest BCUT2D eigenvalue weighted by Crippen LogP contribution is -2.53. The summed E-state index contributed by atoms with van der Waals surface area (Å²) in [5.74, 6) is -5.90. The van der Waals surface area contributed by atoms with Crippen LogP contribution in [0.4, 0.5) is 11.4 Å². The van der Waals surface area contributed by atoms with Gasteiger partial charge in [0.2, 0.25) is 11.8 Å². The molecule has 0 bridgehead atoms. The monoisotopic (exact) mass is 771 g/mol. The zero-order valence-corrected chi connectivity index (χ0v) is 32.0. The number of ketones is 1. The van der Waals surface area contributed by atoms with Gasteiger partial charge in [0.15, 0.2) is 17.3 Å². The lowest BCUT2D eigenvalue weighted by molar-refractivity contribution is -0.138. The average Bonchev–Trinajstić information content (AvgIpc) is 3.63. The van der Waals surface area contributed by atoms with Gasteiger partial charge in [-0.2, -0.15) is 5.01 Å². The number of allylic oxidation sites excluding steroid dienone is 2. The number of nitrogens with one attached hydrogen (secondary N) is 1. The molecule has 2 aliphatic carbocycles. The van der Waals surface area contributed by atoms with Crippen LogP contribution in [-0.4, -0.2) is 46.1 Å². The first kappa shape index (κ1) is 36.8. The molecule has 5 aromatic rings. The molecule has 6 unspecified atom stereocenters. The summed E-state index contributed by atoms with van der Waals surface area (Å²) in [6.45, 7) is 4.04. The topological polar surface area (TPSA) is 133 Å². The molecule has 4 aliphatic rings. The molecule has 0 radical (unpaired) electrons.